The Hall–Kier alpha value is -4.20. The molecule has 0 aliphatic heterocycles. The predicted molar refractivity (Wildman–Crippen MR) is 121 cm³/mol. The van der Waals surface area contributed by atoms with Crippen molar-refractivity contribution in [1.82, 2.24) is 0 Å². The van der Waals surface area contributed by atoms with Crippen molar-refractivity contribution in [1.29, 1.82) is 0 Å². The monoisotopic (exact) mass is 450 g/mol. The number of aliphatic imine (C=N–C) groups is 1. The van der Waals surface area contributed by atoms with Crippen molar-refractivity contribution in [3.05, 3.63) is 106 Å². The number of ether oxygens (including phenoxy) is 1. The lowest BCUT2D eigenvalue weighted by Gasteiger charge is -2.13. The molecule has 4 aromatic carbocycles. The molecule has 4 rings (SSSR count). The number of halogens is 3. The molecular formula is C25H17F3N2O3. The molecule has 0 unspecified atom stereocenters. The van der Waals surface area contributed by atoms with Gasteiger partial charge in [-0.25, -0.2) is 0 Å². The van der Waals surface area contributed by atoms with Crippen LogP contribution in [0.4, 0.5) is 24.5 Å². The molecule has 0 saturated heterocycles. The summed E-state index contributed by atoms with van der Waals surface area (Å²) in [7, 11) is 0. The van der Waals surface area contributed by atoms with Gasteiger partial charge in [0.15, 0.2) is 0 Å². The maximum Gasteiger partial charge on any atom is 0.416 e. The molecule has 4 aromatic rings. The van der Waals surface area contributed by atoms with Crippen LogP contribution in [0.5, 0.6) is 11.5 Å². The molecule has 0 aliphatic carbocycles. The number of aryl methyl sites for hydroxylation is 1. The van der Waals surface area contributed by atoms with Crippen LogP contribution in [0.2, 0.25) is 0 Å². The van der Waals surface area contributed by atoms with Gasteiger partial charge in [0.2, 0.25) is 5.75 Å². The first kappa shape index (κ1) is 22.0. The van der Waals surface area contributed by atoms with E-state index in [0.717, 1.165) is 28.5 Å². The molecule has 5 nitrogen and oxygen atoms in total. The lowest BCUT2D eigenvalue weighted by molar-refractivity contribution is -0.385. The van der Waals surface area contributed by atoms with Crippen LogP contribution >= 0.6 is 0 Å². The average Bonchev–Trinajstić information content (AvgIpc) is 2.78. The highest BCUT2D eigenvalue weighted by atomic mass is 19.4. The van der Waals surface area contributed by atoms with Crippen LogP contribution in [-0.2, 0) is 6.18 Å². The summed E-state index contributed by atoms with van der Waals surface area (Å²) in [5.41, 5.74) is 0.418. The van der Waals surface area contributed by atoms with Gasteiger partial charge in [-0.3, -0.25) is 15.1 Å². The second-order valence-electron chi connectivity index (χ2n) is 7.33. The van der Waals surface area contributed by atoms with Crippen molar-refractivity contribution < 1.29 is 22.8 Å². The normalized spacial score (nSPS) is 11.8. The molecular weight excluding hydrogens is 433 g/mol. The van der Waals surface area contributed by atoms with Gasteiger partial charge in [-0.1, -0.05) is 48.0 Å². The van der Waals surface area contributed by atoms with E-state index in [2.05, 4.69) is 4.99 Å². The Labute approximate surface area is 186 Å². The Balaban J connectivity index is 1.81. The number of nitrogens with zero attached hydrogens (tertiary/aromatic N) is 2. The van der Waals surface area contributed by atoms with Crippen molar-refractivity contribution >= 4 is 28.4 Å². The molecule has 0 atom stereocenters. The largest absolute Gasteiger partial charge is 0.449 e. The maximum atomic E-state index is 13.0. The minimum Gasteiger partial charge on any atom is -0.449 e. The van der Waals surface area contributed by atoms with Gasteiger partial charge in [0.1, 0.15) is 5.75 Å². The van der Waals surface area contributed by atoms with Crippen LogP contribution in [0.3, 0.4) is 0 Å². The number of hydrogen-bond acceptors (Lipinski definition) is 4. The van der Waals surface area contributed by atoms with Gasteiger partial charge < -0.3 is 4.74 Å². The fourth-order valence-corrected chi connectivity index (χ4v) is 3.31. The maximum absolute atomic E-state index is 13.0. The lowest BCUT2D eigenvalue weighted by atomic mass is 10.0. The van der Waals surface area contributed by atoms with Gasteiger partial charge in [0.25, 0.3) is 0 Å². The number of nitro benzene ring substituents is 1. The molecule has 33 heavy (non-hydrogen) atoms. The van der Waals surface area contributed by atoms with E-state index in [9.17, 15) is 23.3 Å². The summed E-state index contributed by atoms with van der Waals surface area (Å²) in [6, 6.07) is 20.5. The third-order valence-electron chi connectivity index (χ3n) is 5.01. The van der Waals surface area contributed by atoms with Crippen LogP contribution in [0, 0.1) is 17.0 Å². The second kappa shape index (κ2) is 8.74. The van der Waals surface area contributed by atoms with E-state index in [0.29, 0.717) is 17.3 Å². The third-order valence-corrected chi connectivity index (χ3v) is 5.01. The molecule has 0 saturated carbocycles. The molecule has 0 amide bonds. The second-order valence-corrected chi connectivity index (χ2v) is 7.33. The van der Waals surface area contributed by atoms with E-state index in [4.69, 9.17) is 4.74 Å². The Morgan fingerprint density at radius 1 is 0.939 bits per heavy atom. The molecule has 8 heteroatoms. The first-order valence-electron chi connectivity index (χ1n) is 9.88. The SMILES string of the molecule is Cc1ccc(N=Cc2c(Oc3ccc(C(F)(F)F)cc3[N+](=O)[O-])ccc3ccccc23)cc1. The van der Waals surface area contributed by atoms with Crippen LogP contribution < -0.4 is 4.74 Å². The summed E-state index contributed by atoms with van der Waals surface area (Å²) in [6.07, 6.45) is -3.13. The Morgan fingerprint density at radius 3 is 2.33 bits per heavy atom. The number of alkyl halides is 3. The van der Waals surface area contributed by atoms with E-state index < -0.39 is 22.4 Å². The highest BCUT2D eigenvalue weighted by Gasteiger charge is 2.33. The quantitative estimate of drug-likeness (QED) is 0.178. The highest BCUT2D eigenvalue weighted by Crippen LogP contribution is 2.39. The van der Waals surface area contributed by atoms with E-state index in [1.54, 1.807) is 18.3 Å². The summed E-state index contributed by atoms with van der Waals surface area (Å²) < 4.78 is 44.9. The fraction of sp³-hybridized carbons (Fsp3) is 0.0800. The van der Waals surface area contributed by atoms with E-state index in [-0.39, 0.29) is 11.5 Å². The van der Waals surface area contributed by atoms with Gasteiger partial charge in [0.05, 0.1) is 16.2 Å². The lowest BCUT2D eigenvalue weighted by Crippen LogP contribution is -2.06. The minimum atomic E-state index is -4.71. The highest BCUT2D eigenvalue weighted by molar-refractivity contribution is 6.03. The number of benzene rings is 4. The van der Waals surface area contributed by atoms with Gasteiger partial charge in [-0.2, -0.15) is 13.2 Å². The molecule has 0 radical (unpaired) electrons. The Morgan fingerprint density at radius 2 is 1.64 bits per heavy atom. The van der Waals surface area contributed by atoms with Crippen LogP contribution in [0.15, 0.2) is 83.9 Å². The summed E-state index contributed by atoms with van der Waals surface area (Å²) in [5, 5.41) is 13.1. The predicted octanol–water partition coefficient (Wildman–Crippen LogP) is 7.62. The first-order valence-corrected chi connectivity index (χ1v) is 9.88. The van der Waals surface area contributed by atoms with E-state index in [1.165, 1.54) is 0 Å². The Bertz CT molecular complexity index is 1360. The summed E-state index contributed by atoms with van der Waals surface area (Å²) in [4.78, 5) is 15.0. The van der Waals surface area contributed by atoms with Gasteiger partial charge in [0, 0.05) is 17.8 Å². The molecule has 166 valence electrons. The number of fused-ring (bicyclic) bond motifs is 1. The zero-order valence-corrected chi connectivity index (χ0v) is 17.3. The molecule has 0 aliphatic rings. The van der Waals surface area contributed by atoms with Crippen LogP contribution in [-0.4, -0.2) is 11.1 Å². The number of hydrogen-bond donors (Lipinski definition) is 0. The van der Waals surface area contributed by atoms with Crippen LogP contribution in [0.1, 0.15) is 16.7 Å². The average molecular weight is 450 g/mol. The van der Waals surface area contributed by atoms with Gasteiger partial charge in [-0.15, -0.1) is 0 Å². The zero-order chi connectivity index (χ0) is 23.6. The molecule has 0 spiro atoms. The van der Waals surface area contributed by atoms with Gasteiger partial charge >= 0.3 is 11.9 Å². The first-order chi connectivity index (χ1) is 15.7. The van der Waals surface area contributed by atoms with Crippen LogP contribution in [0.25, 0.3) is 10.8 Å². The third kappa shape index (κ3) is 4.85. The van der Waals surface area contributed by atoms with Crippen molar-refractivity contribution in [3.63, 3.8) is 0 Å². The number of rotatable bonds is 5. The summed E-state index contributed by atoms with van der Waals surface area (Å²) >= 11 is 0. The molecule has 0 N–H and O–H groups in total. The molecule has 0 bridgehead atoms. The summed E-state index contributed by atoms with van der Waals surface area (Å²) in [5.74, 6) is -0.0688. The summed E-state index contributed by atoms with van der Waals surface area (Å²) in [6.45, 7) is 1.96. The molecule has 0 fully saturated rings. The topological polar surface area (TPSA) is 64.7 Å². The minimum absolute atomic E-state index is 0.229. The van der Waals surface area contributed by atoms with Crippen molar-refractivity contribution in [2.24, 2.45) is 4.99 Å². The van der Waals surface area contributed by atoms with E-state index >= 15 is 0 Å². The zero-order valence-electron chi connectivity index (χ0n) is 17.3. The van der Waals surface area contributed by atoms with Crippen molar-refractivity contribution in [2.75, 3.05) is 0 Å². The Kier molecular flexibility index (Phi) is 5.83. The standard InChI is InChI=1S/C25H17F3N2O3/c1-16-6-10-19(11-7-16)29-15-21-20-5-3-2-4-17(20)8-12-23(21)33-24-13-9-18(25(26,27)28)14-22(24)30(31)32/h2-15H,1H3. The fourth-order valence-electron chi connectivity index (χ4n) is 3.31. The number of nitro groups is 1. The molecule has 0 aromatic heterocycles. The molecule has 0 heterocycles. The van der Waals surface area contributed by atoms with E-state index in [1.807, 2.05) is 55.5 Å². The smallest absolute Gasteiger partial charge is 0.416 e. The van der Waals surface area contributed by atoms with Crippen molar-refractivity contribution in [2.45, 2.75) is 13.1 Å². The van der Waals surface area contributed by atoms with Crippen molar-refractivity contribution in [3.8, 4) is 11.5 Å². The van der Waals surface area contributed by atoms with Gasteiger partial charge in [-0.05, 0) is 48.0 Å².